The van der Waals surface area contributed by atoms with Crippen LogP contribution in [0.25, 0.3) is 0 Å². The number of rotatable bonds is 3. The second-order valence-electron chi connectivity index (χ2n) is 2.04. The molecule has 4 nitrogen and oxygen atoms in total. The van der Waals surface area contributed by atoms with Crippen LogP contribution >= 0.6 is 0 Å². The van der Waals surface area contributed by atoms with Gasteiger partial charge in [-0.1, -0.05) is 0 Å². The largest absolute Gasteiger partial charge is 0.462 e. The quantitative estimate of drug-likeness (QED) is 0.503. The molecule has 0 unspecified atom stereocenters. The summed E-state index contributed by atoms with van der Waals surface area (Å²) in [5.74, 6) is -0.526. The summed E-state index contributed by atoms with van der Waals surface area (Å²) < 4.78 is 9.38. The Bertz CT molecular complexity index is 287. The van der Waals surface area contributed by atoms with Crippen molar-refractivity contribution in [2.24, 2.45) is 0 Å². The number of furan rings is 1. The summed E-state index contributed by atoms with van der Waals surface area (Å²) >= 11 is 0. The fourth-order valence-electron chi connectivity index (χ4n) is 0.790. The topological polar surface area (TPSA) is 56.5 Å². The summed E-state index contributed by atoms with van der Waals surface area (Å²) in [4.78, 5) is 21.3. The molecule has 0 saturated carbocycles. The molecule has 1 heterocycles. The van der Waals surface area contributed by atoms with Crippen LogP contribution < -0.4 is 0 Å². The molecule has 1 aromatic rings. The first-order valence-electron chi connectivity index (χ1n) is 3.49. The molecule has 1 aromatic heterocycles. The van der Waals surface area contributed by atoms with Gasteiger partial charge in [0.15, 0.2) is 12.0 Å². The summed E-state index contributed by atoms with van der Waals surface area (Å²) in [6.45, 7) is 1.97. The second-order valence-corrected chi connectivity index (χ2v) is 2.04. The summed E-state index contributed by atoms with van der Waals surface area (Å²) in [5.41, 5.74) is 0.173. The van der Waals surface area contributed by atoms with Gasteiger partial charge in [-0.05, 0) is 13.0 Å². The minimum absolute atomic E-state index is 0.00782. The van der Waals surface area contributed by atoms with Crippen molar-refractivity contribution in [3.63, 3.8) is 0 Å². The van der Waals surface area contributed by atoms with Crippen molar-refractivity contribution < 1.29 is 18.7 Å². The number of esters is 1. The van der Waals surface area contributed by atoms with Crippen molar-refractivity contribution in [2.75, 3.05) is 6.61 Å². The number of carbonyl (C=O) groups excluding carboxylic acids is 2. The number of hydrogen-bond donors (Lipinski definition) is 0. The van der Waals surface area contributed by atoms with Crippen LogP contribution in [0.2, 0.25) is 0 Å². The third-order valence-corrected chi connectivity index (χ3v) is 1.30. The lowest BCUT2D eigenvalue weighted by Crippen LogP contribution is -2.05. The van der Waals surface area contributed by atoms with Crippen LogP contribution in [-0.2, 0) is 4.74 Å². The van der Waals surface area contributed by atoms with Gasteiger partial charge in [-0.25, -0.2) is 4.79 Å². The van der Waals surface area contributed by atoms with Gasteiger partial charge in [-0.3, -0.25) is 4.79 Å². The molecule has 0 spiro atoms. The molecule has 0 aliphatic heterocycles. The van der Waals surface area contributed by atoms with Gasteiger partial charge in [0.25, 0.3) is 0 Å². The monoisotopic (exact) mass is 168 g/mol. The Hall–Kier alpha value is -1.58. The molecule has 0 N–H and O–H groups in total. The van der Waals surface area contributed by atoms with Crippen molar-refractivity contribution in [2.45, 2.75) is 6.92 Å². The molecule has 0 aromatic carbocycles. The van der Waals surface area contributed by atoms with E-state index >= 15 is 0 Å². The predicted octanol–water partition coefficient (Wildman–Crippen LogP) is 1.27. The van der Waals surface area contributed by atoms with Crippen molar-refractivity contribution in [1.82, 2.24) is 0 Å². The standard InChI is InChI=1S/C8H8O4/c1-2-11-8(10)6-3-4-12-7(6)5-9/h3-5H,2H2,1H3. The maximum Gasteiger partial charge on any atom is 0.342 e. The van der Waals surface area contributed by atoms with Gasteiger partial charge < -0.3 is 9.15 Å². The molecular formula is C8H8O4. The molecule has 0 radical (unpaired) electrons. The SMILES string of the molecule is CCOC(=O)c1ccoc1C=O. The Morgan fingerprint density at radius 2 is 2.50 bits per heavy atom. The Labute approximate surface area is 69.1 Å². The summed E-state index contributed by atoms with van der Waals surface area (Å²) in [6.07, 6.45) is 1.75. The van der Waals surface area contributed by atoms with Gasteiger partial charge in [0, 0.05) is 0 Å². The molecule has 0 amide bonds. The van der Waals surface area contributed by atoms with E-state index in [1.807, 2.05) is 0 Å². The number of ether oxygens (including phenoxy) is 1. The average molecular weight is 168 g/mol. The van der Waals surface area contributed by atoms with Crippen molar-refractivity contribution in [3.05, 3.63) is 23.7 Å². The first-order valence-corrected chi connectivity index (χ1v) is 3.49. The number of carbonyl (C=O) groups is 2. The van der Waals surface area contributed by atoms with Gasteiger partial charge in [0.1, 0.15) is 5.56 Å². The van der Waals surface area contributed by atoms with E-state index < -0.39 is 5.97 Å². The lowest BCUT2D eigenvalue weighted by Gasteiger charge is -1.97. The summed E-state index contributed by atoms with van der Waals surface area (Å²) in [6, 6.07) is 1.40. The minimum atomic E-state index is -0.534. The maximum absolute atomic E-state index is 11.0. The molecule has 0 bridgehead atoms. The van der Waals surface area contributed by atoms with Crippen LogP contribution in [0.3, 0.4) is 0 Å². The van der Waals surface area contributed by atoms with E-state index in [-0.39, 0.29) is 17.9 Å². The van der Waals surface area contributed by atoms with Crippen LogP contribution in [0.4, 0.5) is 0 Å². The predicted molar refractivity (Wildman–Crippen MR) is 40.1 cm³/mol. The molecule has 4 heteroatoms. The molecule has 0 aliphatic carbocycles. The van der Waals surface area contributed by atoms with Crippen LogP contribution in [0.5, 0.6) is 0 Å². The summed E-state index contributed by atoms with van der Waals surface area (Å²) in [5, 5.41) is 0. The fourth-order valence-corrected chi connectivity index (χ4v) is 0.790. The first kappa shape index (κ1) is 8.52. The van der Waals surface area contributed by atoms with Gasteiger partial charge in [0.2, 0.25) is 0 Å². The van der Waals surface area contributed by atoms with Gasteiger partial charge >= 0.3 is 5.97 Å². The Kier molecular flexibility index (Phi) is 2.63. The molecule has 0 fully saturated rings. The molecule has 64 valence electrons. The lowest BCUT2D eigenvalue weighted by molar-refractivity contribution is 0.0523. The highest BCUT2D eigenvalue weighted by molar-refractivity contribution is 5.96. The second kappa shape index (κ2) is 3.71. The maximum atomic E-state index is 11.0. The minimum Gasteiger partial charge on any atom is -0.462 e. The van der Waals surface area contributed by atoms with Crippen LogP contribution in [0, 0.1) is 0 Å². The number of aldehydes is 1. The molecule has 0 aliphatic rings. The third kappa shape index (κ3) is 1.53. The van der Waals surface area contributed by atoms with Gasteiger partial charge in [-0.2, -0.15) is 0 Å². The average Bonchev–Trinajstić information content (AvgIpc) is 2.51. The molecule has 12 heavy (non-hydrogen) atoms. The third-order valence-electron chi connectivity index (χ3n) is 1.30. The van der Waals surface area contributed by atoms with Crippen LogP contribution in [0.1, 0.15) is 27.8 Å². The Balaban J connectivity index is 2.86. The van der Waals surface area contributed by atoms with Crippen molar-refractivity contribution in [3.8, 4) is 0 Å². The van der Waals surface area contributed by atoms with Crippen LogP contribution in [0.15, 0.2) is 16.7 Å². The van der Waals surface area contributed by atoms with E-state index in [0.717, 1.165) is 0 Å². The van der Waals surface area contributed by atoms with E-state index in [2.05, 4.69) is 4.74 Å². The van der Waals surface area contributed by atoms with Crippen molar-refractivity contribution >= 4 is 12.3 Å². The molecule has 1 rings (SSSR count). The van der Waals surface area contributed by atoms with Gasteiger partial charge in [0.05, 0.1) is 12.9 Å². The first-order chi connectivity index (χ1) is 5.79. The van der Waals surface area contributed by atoms with Crippen LogP contribution in [-0.4, -0.2) is 18.9 Å². The van der Waals surface area contributed by atoms with Gasteiger partial charge in [-0.15, -0.1) is 0 Å². The fraction of sp³-hybridized carbons (Fsp3) is 0.250. The zero-order valence-electron chi connectivity index (χ0n) is 6.57. The van der Waals surface area contributed by atoms with Crippen molar-refractivity contribution in [1.29, 1.82) is 0 Å². The zero-order chi connectivity index (χ0) is 8.97. The molecular weight excluding hydrogens is 160 g/mol. The van der Waals surface area contributed by atoms with E-state index in [0.29, 0.717) is 6.29 Å². The molecule has 0 atom stereocenters. The number of hydrogen-bond acceptors (Lipinski definition) is 4. The van der Waals surface area contributed by atoms with E-state index in [9.17, 15) is 9.59 Å². The lowest BCUT2D eigenvalue weighted by atomic mass is 10.3. The van der Waals surface area contributed by atoms with E-state index in [1.165, 1.54) is 12.3 Å². The Morgan fingerprint density at radius 1 is 1.75 bits per heavy atom. The highest BCUT2D eigenvalue weighted by atomic mass is 16.5. The Morgan fingerprint density at radius 3 is 3.08 bits per heavy atom. The van der Waals surface area contributed by atoms with E-state index in [4.69, 9.17) is 4.42 Å². The normalized spacial score (nSPS) is 9.42. The van der Waals surface area contributed by atoms with E-state index in [1.54, 1.807) is 6.92 Å². The smallest absolute Gasteiger partial charge is 0.342 e. The highest BCUT2D eigenvalue weighted by Crippen LogP contribution is 2.08. The summed E-state index contributed by atoms with van der Waals surface area (Å²) in [7, 11) is 0. The molecule has 0 saturated heterocycles. The highest BCUT2D eigenvalue weighted by Gasteiger charge is 2.14. The zero-order valence-corrected chi connectivity index (χ0v) is 6.57.